The molecule has 112 valence electrons. The van der Waals surface area contributed by atoms with Crippen LogP contribution in [0, 0.1) is 0 Å². The normalized spacial score (nSPS) is 25.8. The zero-order valence-corrected chi connectivity index (χ0v) is 12.2. The van der Waals surface area contributed by atoms with Crippen LogP contribution < -0.4 is 9.47 Å². The quantitative estimate of drug-likeness (QED) is 0.809. The molecule has 0 aromatic heterocycles. The maximum atomic E-state index is 6.12. The highest BCUT2D eigenvalue weighted by Gasteiger charge is 2.41. The average molecular weight is 295 g/mol. The SMILES string of the molecule is c1ccc([C@@H]2OCN3CCc4cc5c(cc4[C@@H]23)OCO5)cc1. The van der Waals surface area contributed by atoms with Crippen LogP contribution >= 0.6 is 0 Å². The highest BCUT2D eigenvalue weighted by Crippen LogP contribution is 2.48. The van der Waals surface area contributed by atoms with Crippen molar-refractivity contribution in [1.82, 2.24) is 4.90 Å². The molecule has 1 saturated heterocycles. The molecule has 0 radical (unpaired) electrons. The van der Waals surface area contributed by atoms with E-state index < -0.39 is 0 Å². The molecule has 0 amide bonds. The van der Waals surface area contributed by atoms with Crippen LogP contribution in [-0.4, -0.2) is 25.0 Å². The molecule has 3 aliphatic rings. The van der Waals surface area contributed by atoms with Crippen molar-refractivity contribution in [3.8, 4) is 11.5 Å². The Kier molecular flexibility index (Phi) is 2.69. The van der Waals surface area contributed by atoms with Gasteiger partial charge in [0, 0.05) is 6.54 Å². The molecule has 0 unspecified atom stereocenters. The van der Waals surface area contributed by atoms with Crippen molar-refractivity contribution >= 4 is 0 Å². The summed E-state index contributed by atoms with van der Waals surface area (Å²) in [5, 5.41) is 0. The highest BCUT2D eigenvalue weighted by atomic mass is 16.7. The maximum Gasteiger partial charge on any atom is 0.231 e. The highest BCUT2D eigenvalue weighted by molar-refractivity contribution is 5.51. The molecule has 0 spiro atoms. The van der Waals surface area contributed by atoms with Crippen LogP contribution in [0.15, 0.2) is 42.5 Å². The number of hydrogen-bond acceptors (Lipinski definition) is 4. The molecule has 2 aromatic carbocycles. The molecule has 0 bridgehead atoms. The van der Waals surface area contributed by atoms with Crippen molar-refractivity contribution in [2.24, 2.45) is 0 Å². The van der Waals surface area contributed by atoms with Crippen molar-refractivity contribution < 1.29 is 14.2 Å². The molecule has 0 N–H and O–H groups in total. The zero-order chi connectivity index (χ0) is 14.5. The zero-order valence-electron chi connectivity index (χ0n) is 12.2. The summed E-state index contributed by atoms with van der Waals surface area (Å²) in [5.74, 6) is 1.74. The van der Waals surface area contributed by atoms with E-state index in [-0.39, 0.29) is 12.1 Å². The second-order valence-electron chi connectivity index (χ2n) is 6.04. The van der Waals surface area contributed by atoms with Crippen molar-refractivity contribution in [1.29, 1.82) is 0 Å². The lowest BCUT2D eigenvalue weighted by atomic mass is 9.87. The van der Waals surface area contributed by atoms with Crippen molar-refractivity contribution in [3.05, 3.63) is 59.2 Å². The van der Waals surface area contributed by atoms with E-state index in [9.17, 15) is 0 Å². The van der Waals surface area contributed by atoms with Gasteiger partial charge in [0.2, 0.25) is 6.79 Å². The van der Waals surface area contributed by atoms with Gasteiger partial charge in [0.05, 0.1) is 6.04 Å². The maximum absolute atomic E-state index is 6.12. The van der Waals surface area contributed by atoms with Gasteiger partial charge < -0.3 is 14.2 Å². The third-order valence-corrected chi connectivity index (χ3v) is 4.85. The first-order valence-corrected chi connectivity index (χ1v) is 7.73. The van der Waals surface area contributed by atoms with E-state index in [1.807, 2.05) is 6.07 Å². The molecule has 4 nitrogen and oxygen atoms in total. The molecular formula is C18H17NO3. The van der Waals surface area contributed by atoms with Gasteiger partial charge in [0.1, 0.15) is 12.8 Å². The van der Waals surface area contributed by atoms with Gasteiger partial charge in [-0.15, -0.1) is 0 Å². The van der Waals surface area contributed by atoms with Crippen LogP contribution in [0.25, 0.3) is 0 Å². The minimum Gasteiger partial charge on any atom is -0.454 e. The molecule has 0 saturated carbocycles. The van der Waals surface area contributed by atoms with Crippen LogP contribution in [0.1, 0.15) is 28.8 Å². The van der Waals surface area contributed by atoms with Gasteiger partial charge in [-0.25, -0.2) is 0 Å². The first-order chi connectivity index (χ1) is 10.9. The van der Waals surface area contributed by atoms with Crippen LogP contribution in [-0.2, 0) is 11.2 Å². The number of ether oxygens (including phenoxy) is 3. The summed E-state index contributed by atoms with van der Waals surface area (Å²) in [6, 6.07) is 15.1. The molecule has 1 fully saturated rings. The Hall–Kier alpha value is -2.04. The summed E-state index contributed by atoms with van der Waals surface area (Å²) in [5.41, 5.74) is 3.92. The van der Waals surface area contributed by atoms with Crippen LogP contribution in [0.5, 0.6) is 11.5 Å². The van der Waals surface area contributed by atoms with E-state index in [1.165, 1.54) is 16.7 Å². The molecule has 4 heteroatoms. The van der Waals surface area contributed by atoms with E-state index >= 15 is 0 Å². The van der Waals surface area contributed by atoms with E-state index in [0.29, 0.717) is 13.5 Å². The monoisotopic (exact) mass is 295 g/mol. The van der Waals surface area contributed by atoms with Crippen LogP contribution in [0.3, 0.4) is 0 Å². The Bertz CT molecular complexity index is 716. The fourth-order valence-electron chi connectivity index (χ4n) is 3.78. The summed E-state index contributed by atoms with van der Waals surface area (Å²) >= 11 is 0. The van der Waals surface area contributed by atoms with Crippen LogP contribution in [0.2, 0.25) is 0 Å². The van der Waals surface area contributed by atoms with Crippen molar-refractivity contribution in [2.45, 2.75) is 18.6 Å². The minimum absolute atomic E-state index is 0.0839. The van der Waals surface area contributed by atoms with E-state index in [1.54, 1.807) is 0 Å². The topological polar surface area (TPSA) is 30.9 Å². The molecule has 2 atom stereocenters. The predicted molar refractivity (Wildman–Crippen MR) is 80.9 cm³/mol. The summed E-state index contributed by atoms with van der Waals surface area (Å²) in [7, 11) is 0. The first-order valence-electron chi connectivity index (χ1n) is 7.73. The Labute approximate surface area is 129 Å². The van der Waals surface area contributed by atoms with Crippen LogP contribution in [0.4, 0.5) is 0 Å². The smallest absolute Gasteiger partial charge is 0.231 e. The summed E-state index contributed by atoms with van der Waals surface area (Å²) < 4.78 is 17.2. The molecule has 5 rings (SSSR count). The molecule has 22 heavy (non-hydrogen) atoms. The fourth-order valence-corrected chi connectivity index (χ4v) is 3.78. The molecule has 3 heterocycles. The Morgan fingerprint density at radius 3 is 2.68 bits per heavy atom. The van der Waals surface area contributed by atoms with Gasteiger partial charge in [-0.2, -0.15) is 0 Å². The van der Waals surface area contributed by atoms with Gasteiger partial charge >= 0.3 is 0 Å². The van der Waals surface area contributed by atoms with Gasteiger partial charge in [-0.1, -0.05) is 30.3 Å². The van der Waals surface area contributed by atoms with E-state index in [2.05, 4.69) is 41.3 Å². The first kappa shape index (κ1) is 12.5. The third-order valence-electron chi connectivity index (χ3n) is 4.85. The van der Waals surface area contributed by atoms with Gasteiger partial charge in [0.15, 0.2) is 11.5 Å². The van der Waals surface area contributed by atoms with E-state index in [0.717, 1.165) is 24.5 Å². The van der Waals surface area contributed by atoms with Crippen molar-refractivity contribution in [3.63, 3.8) is 0 Å². The lowest BCUT2D eigenvalue weighted by molar-refractivity contribution is 0.0894. The number of benzene rings is 2. The fraction of sp³-hybridized carbons (Fsp3) is 0.333. The standard InChI is InChI=1S/C18H17NO3/c1-2-4-12(5-3-1)18-17-14-9-16-15(21-11-22-16)8-13(14)6-7-19(17)10-20-18/h1-5,8-9,17-18H,6-7,10-11H2/t17-,18-/m0/s1. The third kappa shape index (κ3) is 1.77. The second-order valence-corrected chi connectivity index (χ2v) is 6.04. The molecule has 0 aliphatic carbocycles. The Morgan fingerprint density at radius 1 is 1.00 bits per heavy atom. The molecule has 3 aliphatic heterocycles. The largest absolute Gasteiger partial charge is 0.454 e. The average Bonchev–Trinajstić information content (AvgIpc) is 3.19. The van der Waals surface area contributed by atoms with Gasteiger partial charge in [-0.05, 0) is 35.2 Å². The van der Waals surface area contributed by atoms with E-state index in [4.69, 9.17) is 14.2 Å². The van der Waals surface area contributed by atoms with Gasteiger partial charge in [0.25, 0.3) is 0 Å². The Morgan fingerprint density at radius 2 is 1.82 bits per heavy atom. The predicted octanol–water partition coefficient (Wildman–Crippen LogP) is 3.04. The van der Waals surface area contributed by atoms with Crippen molar-refractivity contribution in [2.75, 3.05) is 20.1 Å². The summed E-state index contributed by atoms with van der Waals surface area (Å²) in [6.07, 6.45) is 1.12. The summed E-state index contributed by atoms with van der Waals surface area (Å²) in [6.45, 7) is 2.05. The summed E-state index contributed by atoms with van der Waals surface area (Å²) in [4.78, 5) is 2.42. The molecular weight excluding hydrogens is 278 g/mol. The lowest BCUT2D eigenvalue weighted by Gasteiger charge is -2.32. The minimum atomic E-state index is 0.0839. The molecule has 2 aromatic rings. The second kappa shape index (κ2) is 4.73. The number of nitrogens with zero attached hydrogens (tertiary/aromatic N) is 1. The van der Waals surface area contributed by atoms with Gasteiger partial charge in [-0.3, -0.25) is 4.90 Å². The Balaban J connectivity index is 1.61. The number of rotatable bonds is 1. The number of fused-ring (bicyclic) bond motifs is 4. The number of hydrogen-bond donors (Lipinski definition) is 0. The lowest BCUT2D eigenvalue weighted by Crippen LogP contribution is -2.32.